The summed E-state index contributed by atoms with van der Waals surface area (Å²) < 4.78 is 11.1. The molecule has 0 aliphatic carbocycles. The van der Waals surface area contributed by atoms with E-state index in [0.717, 1.165) is 64.6 Å². The molecule has 2 nitrogen and oxygen atoms in total. The lowest BCUT2D eigenvalue weighted by atomic mass is 10.1. The monoisotopic (exact) mass is 354 g/mol. The van der Waals surface area contributed by atoms with Crippen molar-refractivity contribution in [3.05, 3.63) is 0 Å². The molecule has 0 spiro atoms. The highest BCUT2D eigenvalue weighted by molar-refractivity contribution is 6.20. The Kier molecular flexibility index (Phi) is 18.3. The van der Waals surface area contributed by atoms with Crippen LogP contribution in [0.3, 0.4) is 0 Å². The molecule has 2 atom stereocenters. The van der Waals surface area contributed by atoms with Crippen molar-refractivity contribution >= 4 is 23.2 Å². The van der Waals surface area contributed by atoms with E-state index in [9.17, 15) is 0 Å². The van der Waals surface area contributed by atoms with Crippen LogP contribution in [0.5, 0.6) is 0 Å². The average molecular weight is 355 g/mol. The lowest BCUT2D eigenvalue weighted by molar-refractivity contribution is 0.0449. The lowest BCUT2D eigenvalue weighted by Crippen LogP contribution is -2.07. The maximum absolute atomic E-state index is 6.17. The molecule has 0 heterocycles. The molecule has 0 aromatic rings. The molecular weight excluding hydrogens is 319 g/mol. The fraction of sp³-hybridized carbons (Fsp3) is 1.00. The first-order chi connectivity index (χ1) is 10.7. The minimum atomic E-state index is 0.346. The molecule has 2 unspecified atom stereocenters. The van der Waals surface area contributed by atoms with Crippen LogP contribution in [-0.4, -0.2) is 37.2 Å². The maximum atomic E-state index is 6.17. The number of rotatable bonds is 17. The fourth-order valence-electron chi connectivity index (χ4n) is 2.38. The summed E-state index contributed by atoms with van der Waals surface area (Å²) in [6, 6.07) is 0. The van der Waals surface area contributed by atoms with E-state index in [1.807, 2.05) is 0 Å². The fourth-order valence-corrected chi connectivity index (χ4v) is 3.12. The molecule has 4 heteroatoms. The van der Waals surface area contributed by atoms with Gasteiger partial charge < -0.3 is 9.47 Å². The normalized spacial score (nSPS) is 14.2. The van der Waals surface area contributed by atoms with Gasteiger partial charge in [0.05, 0.1) is 13.2 Å². The van der Waals surface area contributed by atoms with Crippen LogP contribution in [0, 0.1) is 0 Å². The average Bonchev–Trinajstić information content (AvgIpc) is 2.49. The molecule has 0 saturated carbocycles. The molecule has 134 valence electrons. The number of hydrogen-bond acceptors (Lipinski definition) is 2. The van der Waals surface area contributed by atoms with Gasteiger partial charge in [-0.1, -0.05) is 26.7 Å². The van der Waals surface area contributed by atoms with E-state index in [0.29, 0.717) is 24.0 Å². The number of unbranched alkanes of at least 4 members (excludes halogenated alkanes) is 2. The first-order valence-corrected chi connectivity index (χ1v) is 10.0. The number of halogens is 2. The van der Waals surface area contributed by atoms with Gasteiger partial charge in [0, 0.05) is 24.0 Å². The summed E-state index contributed by atoms with van der Waals surface area (Å²) in [4.78, 5) is 0. The Labute approximate surface area is 148 Å². The summed E-state index contributed by atoms with van der Waals surface area (Å²) in [5.74, 6) is 0. The second kappa shape index (κ2) is 17.8. The standard InChI is InChI=1S/C18H36Cl2O2/c1-3-9-17(19)11-5-7-13-21-15-16-22-14-8-6-12-18(20)10-4-2/h17-18H,3-16H2,1-2H3. The Morgan fingerprint density at radius 2 is 1.00 bits per heavy atom. The molecular formula is C18H36Cl2O2. The third-order valence-electron chi connectivity index (χ3n) is 3.69. The van der Waals surface area contributed by atoms with Gasteiger partial charge in [-0.15, -0.1) is 23.2 Å². The Bertz CT molecular complexity index is 193. The number of alkyl halides is 2. The van der Waals surface area contributed by atoms with Gasteiger partial charge in [0.1, 0.15) is 0 Å². The van der Waals surface area contributed by atoms with E-state index in [2.05, 4.69) is 13.8 Å². The van der Waals surface area contributed by atoms with E-state index in [1.54, 1.807) is 0 Å². The molecule has 0 aliphatic rings. The van der Waals surface area contributed by atoms with Crippen molar-refractivity contribution in [2.45, 2.75) is 88.8 Å². The van der Waals surface area contributed by atoms with Gasteiger partial charge in [-0.2, -0.15) is 0 Å². The van der Waals surface area contributed by atoms with Gasteiger partial charge in [0.25, 0.3) is 0 Å². The minimum absolute atomic E-state index is 0.346. The molecule has 0 N–H and O–H groups in total. The summed E-state index contributed by atoms with van der Waals surface area (Å²) in [7, 11) is 0. The molecule has 0 fully saturated rings. The van der Waals surface area contributed by atoms with Crippen LogP contribution in [0.1, 0.15) is 78.1 Å². The summed E-state index contributed by atoms with van der Waals surface area (Å²) in [6.07, 6.45) is 11.3. The van der Waals surface area contributed by atoms with Gasteiger partial charge in [0.15, 0.2) is 0 Å². The summed E-state index contributed by atoms with van der Waals surface area (Å²) in [5, 5.41) is 0.691. The molecule has 0 aliphatic heterocycles. The Morgan fingerprint density at radius 3 is 1.36 bits per heavy atom. The minimum Gasteiger partial charge on any atom is -0.379 e. The molecule has 0 saturated heterocycles. The maximum Gasteiger partial charge on any atom is 0.0700 e. The second-order valence-corrected chi connectivity index (χ2v) is 7.22. The van der Waals surface area contributed by atoms with Crippen molar-refractivity contribution in [2.24, 2.45) is 0 Å². The zero-order valence-corrected chi connectivity index (χ0v) is 16.1. The summed E-state index contributed by atoms with van der Waals surface area (Å²) >= 11 is 12.3. The van der Waals surface area contributed by atoms with Gasteiger partial charge in [-0.25, -0.2) is 0 Å². The van der Waals surface area contributed by atoms with Gasteiger partial charge >= 0.3 is 0 Å². The summed E-state index contributed by atoms with van der Waals surface area (Å²) in [6.45, 7) is 7.41. The molecule has 0 aromatic heterocycles. The molecule has 0 rings (SSSR count). The van der Waals surface area contributed by atoms with E-state index in [4.69, 9.17) is 32.7 Å². The van der Waals surface area contributed by atoms with Gasteiger partial charge in [-0.3, -0.25) is 0 Å². The molecule has 0 radical (unpaired) electrons. The van der Waals surface area contributed by atoms with Crippen molar-refractivity contribution in [3.63, 3.8) is 0 Å². The van der Waals surface area contributed by atoms with Crippen LogP contribution in [0.2, 0.25) is 0 Å². The van der Waals surface area contributed by atoms with Crippen LogP contribution < -0.4 is 0 Å². The van der Waals surface area contributed by atoms with E-state index < -0.39 is 0 Å². The van der Waals surface area contributed by atoms with Crippen molar-refractivity contribution in [3.8, 4) is 0 Å². The van der Waals surface area contributed by atoms with E-state index >= 15 is 0 Å². The van der Waals surface area contributed by atoms with Gasteiger partial charge in [-0.05, 0) is 51.4 Å². The topological polar surface area (TPSA) is 18.5 Å². The summed E-state index contributed by atoms with van der Waals surface area (Å²) in [5.41, 5.74) is 0. The highest BCUT2D eigenvalue weighted by Crippen LogP contribution is 2.14. The molecule has 22 heavy (non-hydrogen) atoms. The van der Waals surface area contributed by atoms with Crippen LogP contribution in [0.25, 0.3) is 0 Å². The first-order valence-electron chi connectivity index (χ1n) is 9.14. The SMILES string of the molecule is CCCC(Cl)CCCCOCCOCCCCC(Cl)CCC. The number of ether oxygens (including phenoxy) is 2. The van der Waals surface area contributed by atoms with E-state index in [1.165, 1.54) is 12.8 Å². The van der Waals surface area contributed by atoms with Gasteiger partial charge in [0.2, 0.25) is 0 Å². The Morgan fingerprint density at radius 1 is 0.591 bits per heavy atom. The lowest BCUT2D eigenvalue weighted by Gasteiger charge is -2.09. The Hall–Kier alpha value is 0.500. The molecule has 0 bridgehead atoms. The van der Waals surface area contributed by atoms with Crippen molar-refractivity contribution in [1.29, 1.82) is 0 Å². The third-order valence-corrected chi connectivity index (χ3v) is 4.56. The second-order valence-electron chi connectivity index (χ2n) is 5.99. The predicted molar refractivity (Wildman–Crippen MR) is 98.4 cm³/mol. The zero-order valence-electron chi connectivity index (χ0n) is 14.6. The van der Waals surface area contributed by atoms with Crippen LogP contribution in [0.15, 0.2) is 0 Å². The zero-order chi connectivity index (χ0) is 16.5. The Balaban J connectivity index is 3.08. The smallest absolute Gasteiger partial charge is 0.0700 e. The molecule has 0 aromatic carbocycles. The van der Waals surface area contributed by atoms with Crippen LogP contribution >= 0.6 is 23.2 Å². The van der Waals surface area contributed by atoms with Crippen molar-refractivity contribution < 1.29 is 9.47 Å². The van der Waals surface area contributed by atoms with Crippen LogP contribution in [-0.2, 0) is 9.47 Å². The quantitative estimate of drug-likeness (QED) is 0.229. The van der Waals surface area contributed by atoms with Crippen molar-refractivity contribution in [2.75, 3.05) is 26.4 Å². The van der Waals surface area contributed by atoms with E-state index in [-0.39, 0.29) is 0 Å². The van der Waals surface area contributed by atoms with Crippen LogP contribution in [0.4, 0.5) is 0 Å². The third kappa shape index (κ3) is 16.9. The molecule has 0 amide bonds. The highest BCUT2D eigenvalue weighted by Gasteiger charge is 2.03. The van der Waals surface area contributed by atoms with Crippen molar-refractivity contribution in [1.82, 2.24) is 0 Å². The predicted octanol–water partition coefficient (Wildman–Crippen LogP) is 6.18. The first kappa shape index (κ1) is 22.5. The highest BCUT2D eigenvalue weighted by atomic mass is 35.5. The largest absolute Gasteiger partial charge is 0.379 e. The number of hydrogen-bond donors (Lipinski definition) is 0.